The second-order valence-electron chi connectivity index (χ2n) is 17.4. The number of hydrogen-bond acceptors (Lipinski definition) is 12. The van der Waals surface area contributed by atoms with Crippen LogP contribution in [0.25, 0.3) is 0 Å². The average molecular weight is 1010 g/mol. The standard InChI is InChI=1S/C46H62F2N8O15/c1-22(2)18-30(54-45(69)38(23(3)4)56-40(64)28(49)14-16-34(57)58)43(67)52-31(20-26-12-9-13-27(47)37(26)48)44(68)53-32(21-36(61)62)42(66)50-24(5)39(63)51-29(15-17-35(59)60)41(65)55-33(46(70)71)19-25-10-7-6-8-11-25/h6-13,22-24,28-33,38H,14-21,49H2,1-5H3,(H,50,66)(H,51,63)(H,52,67)(H,53,68)(H,54,69)(H,55,65)(H,56,64)(H,57,58)(H,59,60)(H,61,62)(H,70,71)/t24-,28-,29-,30-,31-,32-,33-,38-/m0/s1. The molecular formula is C46H62F2N8O15. The molecule has 0 aliphatic carbocycles. The number of aliphatic carboxylic acids is 4. The Morgan fingerprint density at radius 3 is 1.61 bits per heavy atom. The van der Waals surface area contributed by atoms with Crippen LogP contribution < -0.4 is 43.0 Å². The second-order valence-corrected chi connectivity index (χ2v) is 17.4. The van der Waals surface area contributed by atoms with Gasteiger partial charge in [-0.15, -0.1) is 0 Å². The molecule has 0 saturated carbocycles. The molecule has 2 aromatic carbocycles. The Kier molecular flexibility index (Phi) is 24.2. The van der Waals surface area contributed by atoms with Gasteiger partial charge in [-0.05, 0) is 55.2 Å². The predicted octanol–water partition coefficient (Wildman–Crippen LogP) is -0.518. The van der Waals surface area contributed by atoms with Gasteiger partial charge < -0.3 is 63.4 Å². The predicted molar refractivity (Wildman–Crippen MR) is 245 cm³/mol. The molecule has 0 unspecified atom stereocenters. The molecule has 0 heterocycles. The van der Waals surface area contributed by atoms with Gasteiger partial charge in [0.1, 0.15) is 42.3 Å². The van der Waals surface area contributed by atoms with E-state index in [1.54, 1.807) is 58.0 Å². The number of halogens is 2. The van der Waals surface area contributed by atoms with E-state index in [0.29, 0.717) is 5.56 Å². The molecule has 8 atom stereocenters. The molecule has 23 nitrogen and oxygen atoms in total. The Bertz CT molecular complexity index is 2250. The maximum Gasteiger partial charge on any atom is 0.326 e. The highest BCUT2D eigenvalue weighted by Gasteiger charge is 2.36. The van der Waals surface area contributed by atoms with Gasteiger partial charge in [0.2, 0.25) is 41.4 Å². The molecule has 0 fully saturated rings. The van der Waals surface area contributed by atoms with Crippen LogP contribution in [0.15, 0.2) is 48.5 Å². The normalized spacial score (nSPS) is 14.5. The van der Waals surface area contributed by atoms with Gasteiger partial charge in [0.05, 0.1) is 12.5 Å². The molecule has 0 radical (unpaired) electrons. The summed E-state index contributed by atoms with van der Waals surface area (Å²) in [5.74, 6) is -17.1. The summed E-state index contributed by atoms with van der Waals surface area (Å²) in [6, 6.07) is -1.80. The maximum absolute atomic E-state index is 15.1. The van der Waals surface area contributed by atoms with Crippen molar-refractivity contribution < 1.29 is 81.9 Å². The first-order valence-electron chi connectivity index (χ1n) is 22.4. The van der Waals surface area contributed by atoms with Crippen molar-refractivity contribution in [1.29, 1.82) is 0 Å². The lowest BCUT2D eigenvalue weighted by Crippen LogP contribution is -2.61. The molecule has 0 saturated heterocycles. The van der Waals surface area contributed by atoms with E-state index in [1.807, 2.05) is 0 Å². The molecule has 71 heavy (non-hydrogen) atoms. The molecule has 0 aliphatic rings. The van der Waals surface area contributed by atoms with Gasteiger partial charge in [0, 0.05) is 25.7 Å². The number of nitrogens with two attached hydrogens (primary N) is 1. The SMILES string of the molecule is CC(C)C[C@H](NC(=O)[C@@H](NC(=O)[C@@H](N)CCC(=O)O)C(C)C)C(=O)N[C@@H](Cc1cccc(F)c1F)C(=O)N[C@@H](CC(=O)O)C(=O)N[C@@H](C)C(=O)N[C@@H](CCC(=O)O)C(=O)N[C@@H](Cc1ccccc1)C(=O)O. The highest BCUT2D eigenvalue weighted by Crippen LogP contribution is 2.16. The zero-order valence-corrected chi connectivity index (χ0v) is 39.7. The second kappa shape index (κ2) is 28.8. The van der Waals surface area contributed by atoms with Crippen LogP contribution in [0.5, 0.6) is 0 Å². The monoisotopic (exact) mass is 1000 g/mol. The van der Waals surface area contributed by atoms with Crippen LogP contribution >= 0.6 is 0 Å². The summed E-state index contributed by atoms with van der Waals surface area (Å²) >= 11 is 0. The van der Waals surface area contributed by atoms with Crippen molar-refractivity contribution in [1.82, 2.24) is 37.2 Å². The van der Waals surface area contributed by atoms with E-state index in [9.17, 15) is 72.4 Å². The van der Waals surface area contributed by atoms with Gasteiger partial charge in [-0.3, -0.25) is 47.9 Å². The summed E-state index contributed by atoms with van der Waals surface area (Å²) in [6.07, 6.45) is -4.16. The first-order chi connectivity index (χ1) is 33.2. The minimum atomic E-state index is -2.05. The van der Waals surface area contributed by atoms with E-state index in [-0.39, 0.29) is 25.2 Å². The first-order valence-corrected chi connectivity index (χ1v) is 22.4. The summed E-state index contributed by atoms with van der Waals surface area (Å²) in [7, 11) is 0. The number of carboxylic acid groups (broad SMARTS) is 4. The number of carbonyl (C=O) groups is 11. The van der Waals surface area contributed by atoms with Crippen molar-refractivity contribution in [2.24, 2.45) is 17.6 Å². The van der Waals surface area contributed by atoms with Gasteiger partial charge in [-0.2, -0.15) is 0 Å². The Morgan fingerprint density at radius 1 is 0.521 bits per heavy atom. The van der Waals surface area contributed by atoms with Gasteiger partial charge in [0.25, 0.3) is 0 Å². The van der Waals surface area contributed by atoms with E-state index < -0.39 is 169 Å². The number of amides is 7. The van der Waals surface area contributed by atoms with E-state index >= 15 is 4.39 Å². The molecule has 2 rings (SSSR count). The fraction of sp³-hybridized carbons (Fsp3) is 0.500. The fourth-order valence-corrected chi connectivity index (χ4v) is 6.77. The smallest absolute Gasteiger partial charge is 0.326 e. The van der Waals surface area contributed by atoms with E-state index in [2.05, 4.69) is 37.2 Å². The molecule has 25 heteroatoms. The Labute approximate surface area is 406 Å². The minimum absolute atomic E-state index is 0.103. The Morgan fingerprint density at radius 2 is 1.04 bits per heavy atom. The van der Waals surface area contributed by atoms with E-state index in [1.165, 1.54) is 0 Å². The number of nitrogens with one attached hydrogen (secondary N) is 7. The number of carbonyl (C=O) groups excluding carboxylic acids is 7. The zero-order chi connectivity index (χ0) is 53.7. The van der Waals surface area contributed by atoms with Crippen molar-refractivity contribution in [3.05, 3.63) is 71.3 Å². The van der Waals surface area contributed by atoms with Crippen LogP contribution in [-0.4, -0.2) is 134 Å². The molecule has 2 aromatic rings. The third-order valence-electron chi connectivity index (χ3n) is 10.6. The van der Waals surface area contributed by atoms with Gasteiger partial charge >= 0.3 is 23.9 Å². The lowest BCUT2D eigenvalue weighted by molar-refractivity contribution is -0.143. The Balaban J connectivity index is 2.40. The maximum atomic E-state index is 15.1. The lowest BCUT2D eigenvalue weighted by Gasteiger charge is -2.28. The van der Waals surface area contributed by atoms with Crippen LogP contribution in [0.1, 0.15) is 84.3 Å². The van der Waals surface area contributed by atoms with Crippen LogP contribution in [-0.2, 0) is 65.6 Å². The van der Waals surface area contributed by atoms with Crippen molar-refractivity contribution in [2.75, 3.05) is 0 Å². The third kappa shape index (κ3) is 20.9. The molecule has 13 N–H and O–H groups in total. The van der Waals surface area contributed by atoms with E-state index in [0.717, 1.165) is 25.1 Å². The molecule has 0 aliphatic heterocycles. The summed E-state index contributed by atoms with van der Waals surface area (Å²) in [6.45, 7) is 7.54. The fourth-order valence-electron chi connectivity index (χ4n) is 6.77. The van der Waals surface area contributed by atoms with Crippen LogP contribution in [0, 0.1) is 23.5 Å². The molecular weight excluding hydrogens is 943 g/mol. The number of hydrogen-bond donors (Lipinski definition) is 12. The summed E-state index contributed by atoms with van der Waals surface area (Å²) in [5.41, 5.74) is 5.88. The molecule has 7 amide bonds. The summed E-state index contributed by atoms with van der Waals surface area (Å²) in [5, 5.41) is 53.8. The number of rotatable bonds is 30. The number of carboxylic acids is 4. The first kappa shape index (κ1) is 59.6. The van der Waals surface area contributed by atoms with E-state index in [4.69, 9.17) is 10.8 Å². The van der Waals surface area contributed by atoms with Crippen molar-refractivity contribution in [3.63, 3.8) is 0 Å². The largest absolute Gasteiger partial charge is 0.481 e. The van der Waals surface area contributed by atoms with Crippen molar-refractivity contribution >= 4 is 65.2 Å². The van der Waals surface area contributed by atoms with Gasteiger partial charge in [0.15, 0.2) is 11.6 Å². The zero-order valence-electron chi connectivity index (χ0n) is 39.7. The van der Waals surface area contributed by atoms with Crippen LogP contribution in [0.4, 0.5) is 8.78 Å². The quantitative estimate of drug-likeness (QED) is 0.0469. The van der Waals surface area contributed by atoms with Crippen LogP contribution in [0.3, 0.4) is 0 Å². The summed E-state index contributed by atoms with van der Waals surface area (Å²) < 4.78 is 29.5. The average Bonchev–Trinajstić information content (AvgIpc) is 3.28. The highest BCUT2D eigenvalue weighted by molar-refractivity contribution is 5.98. The van der Waals surface area contributed by atoms with Gasteiger partial charge in [-0.25, -0.2) is 13.6 Å². The lowest BCUT2D eigenvalue weighted by atomic mass is 9.98. The molecule has 0 bridgehead atoms. The topological polar surface area (TPSA) is 379 Å². The van der Waals surface area contributed by atoms with Crippen molar-refractivity contribution in [3.8, 4) is 0 Å². The van der Waals surface area contributed by atoms with Crippen LogP contribution in [0.2, 0.25) is 0 Å². The van der Waals surface area contributed by atoms with Gasteiger partial charge in [-0.1, -0.05) is 70.2 Å². The summed E-state index contributed by atoms with van der Waals surface area (Å²) in [4.78, 5) is 141. The third-order valence-corrected chi connectivity index (χ3v) is 10.6. The molecule has 0 spiro atoms. The molecule has 0 aromatic heterocycles. The minimum Gasteiger partial charge on any atom is -0.481 e. The highest BCUT2D eigenvalue weighted by atomic mass is 19.2. The number of benzene rings is 2. The Hall–Kier alpha value is -7.57. The molecule has 390 valence electrons. The van der Waals surface area contributed by atoms with Crippen molar-refractivity contribution in [2.45, 2.75) is 134 Å².